The fraction of sp³-hybridized carbons (Fsp3) is 0. The van der Waals surface area contributed by atoms with Crippen LogP contribution in [0.5, 0.6) is 5.75 Å². The zero-order chi connectivity index (χ0) is 18.4. The van der Waals surface area contributed by atoms with Crippen molar-refractivity contribution in [2.75, 3.05) is 0 Å². The van der Waals surface area contributed by atoms with Crippen molar-refractivity contribution >= 4 is 18.1 Å². The Morgan fingerprint density at radius 3 is 2.65 bits per heavy atom. The van der Waals surface area contributed by atoms with Crippen LogP contribution in [0.4, 0.5) is 0 Å². The van der Waals surface area contributed by atoms with Gasteiger partial charge in [-0.25, -0.2) is 10.2 Å². The van der Waals surface area contributed by atoms with E-state index in [0.717, 1.165) is 6.20 Å². The zero-order valence-corrected chi connectivity index (χ0v) is 13.4. The third kappa shape index (κ3) is 4.32. The molecule has 26 heavy (non-hydrogen) atoms. The molecule has 3 aromatic rings. The van der Waals surface area contributed by atoms with Gasteiger partial charge in [0.1, 0.15) is 11.3 Å². The highest BCUT2D eigenvalue weighted by atomic mass is 16.5. The van der Waals surface area contributed by atoms with E-state index in [2.05, 4.69) is 10.5 Å². The number of esters is 1. The Bertz CT molecular complexity index is 934. The Morgan fingerprint density at radius 1 is 1.15 bits per heavy atom. The molecular formula is C18H13N3O5. The van der Waals surface area contributed by atoms with E-state index >= 15 is 0 Å². The number of amides is 1. The SMILES string of the molecule is O=C(N/N=C\c1ccc(OC(=O)c2ccco2)cc1)c1ccc[n+]([O-])c1. The average molecular weight is 351 g/mol. The molecule has 130 valence electrons. The Labute approximate surface area is 147 Å². The smallest absolute Gasteiger partial charge is 0.379 e. The Morgan fingerprint density at radius 2 is 1.96 bits per heavy atom. The van der Waals surface area contributed by atoms with Gasteiger partial charge in [-0.2, -0.15) is 9.83 Å². The molecule has 0 aliphatic carbocycles. The second-order valence-electron chi connectivity index (χ2n) is 5.09. The summed E-state index contributed by atoms with van der Waals surface area (Å²) in [4.78, 5) is 23.6. The number of ether oxygens (including phenoxy) is 1. The predicted molar refractivity (Wildman–Crippen MR) is 90.6 cm³/mol. The van der Waals surface area contributed by atoms with Gasteiger partial charge < -0.3 is 14.4 Å². The lowest BCUT2D eigenvalue weighted by Gasteiger charge is -2.02. The van der Waals surface area contributed by atoms with Crippen LogP contribution in [0.15, 0.2) is 76.7 Å². The van der Waals surface area contributed by atoms with Gasteiger partial charge in [-0.3, -0.25) is 4.79 Å². The Balaban J connectivity index is 1.56. The number of benzene rings is 1. The first-order chi connectivity index (χ1) is 12.6. The van der Waals surface area contributed by atoms with Crippen molar-refractivity contribution in [3.8, 4) is 5.75 Å². The molecule has 0 saturated carbocycles. The molecule has 0 radical (unpaired) electrons. The number of aromatic nitrogens is 1. The summed E-state index contributed by atoms with van der Waals surface area (Å²) in [6.45, 7) is 0. The van der Waals surface area contributed by atoms with E-state index in [0.29, 0.717) is 16.0 Å². The van der Waals surface area contributed by atoms with E-state index in [9.17, 15) is 14.8 Å². The van der Waals surface area contributed by atoms with Crippen LogP contribution in [0, 0.1) is 5.21 Å². The highest BCUT2D eigenvalue weighted by Crippen LogP contribution is 2.13. The highest BCUT2D eigenvalue weighted by molar-refractivity contribution is 5.94. The Hall–Kier alpha value is -3.94. The molecule has 8 nitrogen and oxygen atoms in total. The summed E-state index contributed by atoms with van der Waals surface area (Å²) in [6, 6.07) is 12.6. The van der Waals surface area contributed by atoms with Crippen LogP contribution in [-0.2, 0) is 0 Å². The van der Waals surface area contributed by atoms with Gasteiger partial charge in [0.2, 0.25) is 5.76 Å². The largest absolute Gasteiger partial charge is 0.619 e. The normalized spacial score (nSPS) is 10.6. The molecule has 0 aliphatic heterocycles. The van der Waals surface area contributed by atoms with Crippen molar-refractivity contribution in [1.82, 2.24) is 5.43 Å². The molecule has 0 spiro atoms. The molecule has 3 rings (SSSR count). The van der Waals surface area contributed by atoms with Crippen LogP contribution in [0.1, 0.15) is 26.5 Å². The lowest BCUT2D eigenvalue weighted by atomic mass is 10.2. The number of carbonyl (C=O) groups is 2. The van der Waals surface area contributed by atoms with Gasteiger partial charge in [0.15, 0.2) is 12.4 Å². The van der Waals surface area contributed by atoms with E-state index < -0.39 is 11.9 Å². The highest BCUT2D eigenvalue weighted by Gasteiger charge is 2.11. The van der Waals surface area contributed by atoms with Crippen molar-refractivity contribution in [1.29, 1.82) is 0 Å². The molecule has 8 heteroatoms. The predicted octanol–water partition coefficient (Wildman–Crippen LogP) is 1.90. The first-order valence-electron chi connectivity index (χ1n) is 7.50. The second-order valence-corrected chi connectivity index (χ2v) is 5.09. The van der Waals surface area contributed by atoms with Crippen LogP contribution in [-0.4, -0.2) is 18.1 Å². The maximum absolute atomic E-state index is 11.8. The fourth-order valence-corrected chi connectivity index (χ4v) is 1.99. The average Bonchev–Trinajstić information content (AvgIpc) is 3.18. The van der Waals surface area contributed by atoms with Crippen molar-refractivity contribution < 1.29 is 23.5 Å². The summed E-state index contributed by atoms with van der Waals surface area (Å²) >= 11 is 0. The van der Waals surface area contributed by atoms with Gasteiger partial charge in [0.05, 0.1) is 12.5 Å². The minimum atomic E-state index is -0.595. The van der Waals surface area contributed by atoms with Gasteiger partial charge in [-0.1, -0.05) is 0 Å². The number of hydrogen-bond acceptors (Lipinski definition) is 6. The van der Waals surface area contributed by atoms with E-state index in [-0.39, 0.29) is 11.3 Å². The lowest BCUT2D eigenvalue weighted by Crippen LogP contribution is -2.28. The number of nitrogens with one attached hydrogen (secondary N) is 1. The number of pyridine rings is 1. The monoisotopic (exact) mass is 351 g/mol. The van der Waals surface area contributed by atoms with Crippen LogP contribution in [0.3, 0.4) is 0 Å². The number of hydrazone groups is 1. The maximum atomic E-state index is 11.8. The molecule has 2 heterocycles. The van der Waals surface area contributed by atoms with Crippen molar-refractivity contribution in [3.63, 3.8) is 0 Å². The molecule has 0 fully saturated rings. The summed E-state index contributed by atoms with van der Waals surface area (Å²) in [5, 5.41) is 15.0. The van der Waals surface area contributed by atoms with E-state index in [1.807, 2.05) is 0 Å². The van der Waals surface area contributed by atoms with Gasteiger partial charge >= 0.3 is 5.97 Å². The topological polar surface area (TPSA) is 108 Å². The number of furan rings is 1. The van der Waals surface area contributed by atoms with Crippen molar-refractivity contribution in [2.45, 2.75) is 0 Å². The quantitative estimate of drug-likeness (QED) is 0.189. The van der Waals surface area contributed by atoms with E-state index in [4.69, 9.17) is 9.15 Å². The van der Waals surface area contributed by atoms with Crippen LogP contribution < -0.4 is 14.9 Å². The molecule has 0 unspecified atom stereocenters. The molecular weight excluding hydrogens is 338 g/mol. The van der Waals surface area contributed by atoms with Crippen molar-refractivity contribution in [2.24, 2.45) is 5.10 Å². The maximum Gasteiger partial charge on any atom is 0.379 e. The summed E-state index contributed by atoms with van der Waals surface area (Å²) in [6.07, 6.45) is 5.23. The van der Waals surface area contributed by atoms with Gasteiger partial charge in [0, 0.05) is 6.07 Å². The summed E-state index contributed by atoms with van der Waals surface area (Å²) in [7, 11) is 0. The zero-order valence-electron chi connectivity index (χ0n) is 13.4. The molecule has 1 aromatic carbocycles. The van der Waals surface area contributed by atoms with Gasteiger partial charge in [-0.15, -0.1) is 0 Å². The van der Waals surface area contributed by atoms with Gasteiger partial charge in [-0.05, 0) is 48.0 Å². The number of rotatable bonds is 5. The minimum Gasteiger partial charge on any atom is -0.619 e. The molecule has 1 N–H and O–H groups in total. The summed E-state index contributed by atoms with van der Waals surface area (Å²) in [5.74, 6) is -0.645. The van der Waals surface area contributed by atoms with E-state index in [1.165, 1.54) is 36.9 Å². The minimum absolute atomic E-state index is 0.110. The fourth-order valence-electron chi connectivity index (χ4n) is 1.99. The number of nitrogens with zero attached hydrogens (tertiary/aromatic N) is 2. The van der Waals surface area contributed by atoms with Crippen LogP contribution in [0.2, 0.25) is 0 Å². The Kier molecular flexibility index (Phi) is 5.04. The number of hydrogen-bond donors (Lipinski definition) is 1. The molecule has 1 amide bonds. The molecule has 0 saturated heterocycles. The summed E-state index contributed by atoms with van der Waals surface area (Å²) < 4.78 is 10.6. The van der Waals surface area contributed by atoms with Crippen LogP contribution in [0.25, 0.3) is 0 Å². The third-order valence-corrected chi connectivity index (χ3v) is 3.23. The first kappa shape index (κ1) is 16.9. The third-order valence-electron chi connectivity index (χ3n) is 3.23. The van der Waals surface area contributed by atoms with E-state index in [1.54, 1.807) is 30.3 Å². The first-order valence-corrected chi connectivity index (χ1v) is 7.50. The standard InChI is InChI=1S/C18H13N3O5/c22-17(14-3-1-9-21(24)12-14)20-19-11-13-5-7-15(8-6-13)26-18(23)16-4-2-10-25-16/h1-12H,(H,20,22)/b19-11-. The molecule has 2 aromatic heterocycles. The van der Waals surface area contributed by atoms with Crippen molar-refractivity contribution in [3.05, 3.63) is 89.3 Å². The lowest BCUT2D eigenvalue weighted by molar-refractivity contribution is -0.605. The molecule has 0 bridgehead atoms. The van der Waals surface area contributed by atoms with Crippen LogP contribution >= 0.6 is 0 Å². The number of carbonyl (C=O) groups excluding carboxylic acids is 2. The molecule has 0 aliphatic rings. The summed E-state index contributed by atoms with van der Waals surface area (Å²) in [5.41, 5.74) is 3.19. The molecule has 0 atom stereocenters. The second kappa shape index (κ2) is 7.75. The van der Waals surface area contributed by atoms with Gasteiger partial charge in [0.25, 0.3) is 5.91 Å².